The number of hydrogen-bond donors (Lipinski definition) is 0. The average molecular weight is 435 g/mol. The highest BCUT2D eigenvalue weighted by Crippen LogP contribution is 2.27. The molecule has 0 aliphatic carbocycles. The Morgan fingerprint density at radius 3 is 2.37 bits per heavy atom. The van der Waals surface area contributed by atoms with Crippen LogP contribution < -0.4 is 4.90 Å². The number of nitrogens with zero attached hydrogens (tertiary/aromatic N) is 4. The molecule has 1 aromatic heterocycles. The van der Waals surface area contributed by atoms with Crippen LogP contribution >= 0.6 is 0 Å². The zero-order valence-electron chi connectivity index (χ0n) is 18.2. The van der Waals surface area contributed by atoms with Crippen molar-refractivity contribution >= 4 is 15.8 Å². The third-order valence-corrected chi connectivity index (χ3v) is 7.33. The molecule has 1 aromatic carbocycles. The first-order chi connectivity index (χ1) is 14.2. The zero-order chi connectivity index (χ0) is 21.9. The highest BCUT2D eigenvalue weighted by Gasteiger charge is 2.28. The van der Waals surface area contributed by atoms with E-state index in [-0.39, 0.29) is 11.6 Å². The third-order valence-electron chi connectivity index (χ3n) is 5.45. The molecular weight excluding hydrogens is 403 g/mol. The van der Waals surface area contributed by atoms with Crippen molar-refractivity contribution in [1.29, 1.82) is 0 Å². The van der Waals surface area contributed by atoms with Crippen LogP contribution in [0.25, 0.3) is 0 Å². The molecule has 0 bridgehead atoms. The van der Waals surface area contributed by atoms with Crippen LogP contribution in [0.3, 0.4) is 0 Å². The van der Waals surface area contributed by atoms with Gasteiger partial charge in [-0.2, -0.15) is 4.31 Å². The molecule has 1 fully saturated rings. The Hall–Kier alpha value is -2.06. The first-order valence-corrected chi connectivity index (χ1v) is 12.1. The van der Waals surface area contributed by atoms with Crippen molar-refractivity contribution in [3.8, 4) is 0 Å². The van der Waals surface area contributed by atoms with E-state index >= 15 is 0 Å². The van der Waals surface area contributed by atoms with Gasteiger partial charge in [-0.3, -0.25) is 0 Å². The predicted octanol–water partition coefficient (Wildman–Crippen LogP) is 3.19. The SMILES string of the molecule is CCS(=O)(=O)N1CCN(c2nc(CC(C)C)nc(C)c2Cc2ccccc2F)CC1. The minimum atomic E-state index is -3.20. The maximum absolute atomic E-state index is 14.3. The van der Waals surface area contributed by atoms with Crippen molar-refractivity contribution in [2.75, 3.05) is 36.8 Å². The van der Waals surface area contributed by atoms with Gasteiger partial charge in [0.2, 0.25) is 10.0 Å². The fourth-order valence-corrected chi connectivity index (χ4v) is 4.84. The second-order valence-electron chi connectivity index (χ2n) is 8.18. The van der Waals surface area contributed by atoms with Crippen LogP contribution in [0, 0.1) is 18.7 Å². The van der Waals surface area contributed by atoms with Crippen molar-refractivity contribution in [1.82, 2.24) is 14.3 Å². The second kappa shape index (κ2) is 9.39. The third kappa shape index (κ3) is 5.16. The second-order valence-corrected chi connectivity index (χ2v) is 10.4. The fourth-order valence-electron chi connectivity index (χ4n) is 3.76. The quantitative estimate of drug-likeness (QED) is 0.670. The van der Waals surface area contributed by atoms with Crippen LogP contribution in [0.2, 0.25) is 0 Å². The van der Waals surface area contributed by atoms with Crippen molar-refractivity contribution in [2.24, 2.45) is 5.92 Å². The van der Waals surface area contributed by atoms with Gasteiger partial charge in [-0.05, 0) is 31.4 Å². The lowest BCUT2D eigenvalue weighted by Crippen LogP contribution is -2.49. The number of aryl methyl sites for hydroxylation is 1. The normalized spacial score (nSPS) is 15.7. The Kier molecular flexibility index (Phi) is 7.08. The summed E-state index contributed by atoms with van der Waals surface area (Å²) in [6, 6.07) is 6.76. The lowest BCUT2D eigenvalue weighted by molar-refractivity contribution is 0.384. The van der Waals surface area contributed by atoms with Crippen LogP contribution in [-0.2, 0) is 22.9 Å². The van der Waals surface area contributed by atoms with Crippen LogP contribution in [0.4, 0.5) is 10.2 Å². The van der Waals surface area contributed by atoms with Crippen molar-refractivity contribution in [3.05, 3.63) is 52.7 Å². The zero-order valence-corrected chi connectivity index (χ0v) is 19.0. The minimum absolute atomic E-state index is 0.108. The summed E-state index contributed by atoms with van der Waals surface area (Å²) in [5.74, 6) is 1.86. The van der Waals surface area contributed by atoms with Gasteiger partial charge >= 0.3 is 0 Å². The molecule has 1 aliphatic rings. The van der Waals surface area contributed by atoms with Gasteiger partial charge in [0.15, 0.2) is 0 Å². The smallest absolute Gasteiger partial charge is 0.213 e. The summed E-state index contributed by atoms with van der Waals surface area (Å²) in [7, 11) is -3.20. The summed E-state index contributed by atoms with van der Waals surface area (Å²) in [6.07, 6.45) is 1.17. The van der Waals surface area contributed by atoms with Crippen LogP contribution in [-0.4, -0.2) is 54.6 Å². The Balaban J connectivity index is 1.94. The van der Waals surface area contributed by atoms with E-state index in [2.05, 4.69) is 18.7 Å². The number of piperazine rings is 1. The minimum Gasteiger partial charge on any atom is -0.354 e. The first kappa shape index (κ1) is 22.6. The Morgan fingerprint density at radius 1 is 1.10 bits per heavy atom. The lowest BCUT2D eigenvalue weighted by Gasteiger charge is -2.35. The molecule has 0 spiro atoms. The van der Waals surface area contributed by atoms with E-state index in [1.165, 1.54) is 6.07 Å². The molecule has 8 heteroatoms. The van der Waals surface area contributed by atoms with Crippen LogP contribution in [0.5, 0.6) is 0 Å². The maximum atomic E-state index is 14.3. The largest absolute Gasteiger partial charge is 0.354 e. The molecule has 1 saturated heterocycles. The first-order valence-electron chi connectivity index (χ1n) is 10.5. The molecular formula is C22H31FN4O2S. The number of sulfonamides is 1. The molecule has 3 rings (SSSR count). The number of halogens is 1. The molecule has 0 amide bonds. The van der Waals surface area contributed by atoms with Gasteiger partial charge in [0.1, 0.15) is 17.5 Å². The summed E-state index contributed by atoms with van der Waals surface area (Å²) >= 11 is 0. The number of hydrogen-bond acceptors (Lipinski definition) is 5. The average Bonchev–Trinajstić information content (AvgIpc) is 2.71. The number of rotatable bonds is 7. The van der Waals surface area contributed by atoms with Gasteiger partial charge in [0.25, 0.3) is 0 Å². The Bertz CT molecular complexity index is 987. The summed E-state index contributed by atoms with van der Waals surface area (Å²) in [4.78, 5) is 11.7. The summed E-state index contributed by atoms with van der Waals surface area (Å²) in [5, 5.41) is 0. The molecule has 164 valence electrons. The van der Waals surface area contributed by atoms with Gasteiger partial charge in [0.05, 0.1) is 5.75 Å². The van der Waals surface area contributed by atoms with E-state index < -0.39 is 10.0 Å². The van der Waals surface area contributed by atoms with E-state index in [4.69, 9.17) is 9.97 Å². The van der Waals surface area contributed by atoms with Crippen molar-refractivity contribution in [2.45, 2.75) is 40.5 Å². The van der Waals surface area contributed by atoms with Gasteiger partial charge in [-0.15, -0.1) is 0 Å². The van der Waals surface area contributed by atoms with Gasteiger partial charge < -0.3 is 4.90 Å². The maximum Gasteiger partial charge on any atom is 0.213 e. The molecule has 2 heterocycles. The van der Waals surface area contributed by atoms with Crippen LogP contribution in [0.15, 0.2) is 24.3 Å². The van der Waals surface area contributed by atoms with Crippen molar-refractivity contribution in [3.63, 3.8) is 0 Å². The molecule has 0 atom stereocenters. The molecule has 2 aromatic rings. The fraction of sp³-hybridized carbons (Fsp3) is 0.545. The van der Waals surface area contributed by atoms with E-state index in [0.29, 0.717) is 44.1 Å². The predicted molar refractivity (Wildman–Crippen MR) is 118 cm³/mol. The Labute approximate surface area is 179 Å². The molecule has 6 nitrogen and oxygen atoms in total. The molecule has 0 unspecified atom stereocenters. The summed E-state index contributed by atoms with van der Waals surface area (Å²) in [6.45, 7) is 9.83. The number of anilines is 1. The molecule has 30 heavy (non-hydrogen) atoms. The van der Waals surface area contributed by atoms with Gasteiger partial charge in [-0.25, -0.2) is 22.8 Å². The van der Waals surface area contributed by atoms with E-state index in [9.17, 15) is 12.8 Å². The van der Waals surface area contributed by atoms with Gasteiger partial charge in [0, 0.05) is 50.3 Å². The van der Waals surface area contributed by atoms with E-state index in [1.807, 2.05) is 13.0 Å². The topological polar surface area (TPSA) is 66.4 Å². The van der Waals surface area contributed by atoms with Crippen molar-refractivity contribution < 1.29 is 12.8 Å². The lowest BCUT2D eigenvalue weighted by atomic mass is 10.0. The molecule has 0 N–H and O–H groups in total. The highest BCUT2D eigenvalue weighted by atomic mass is 32.2. The summed E-state index contributed by atoms with van der Waals surface area (Å²) in [5.41, 5.74) is 2.36. The highest BCUT2D eigenvalue weighted by molar-refractivity contribution is 7.89. The molecule has 1 aliphatic heterocycles. The van der Waals surface area contributed by atoms with Crippen LogP contribution in [0.1, 0.15) is 43.4 Å². The molecule has 0 radical (unpaired) electrons. The van der Waals surface area contributed by atoms with Gasteiger partial charge in [-0.1, -0.05) is 32.0 Å². The van der Waals surface area contributed by atoms with E-state index in [1.54, 1.807) is 23.4 Å². The molecule has 0 saturated carbocycles. The number of aromatic nitrogens is 2. The van der Waals surface area contributed by atoms with E-state index in [0.717, 1.165) is 29.3 Å². The Morgan fingerprint density at radius 2 is 1.77 bits per heavy atom. The number of benzene rings is 1. The summed E-state index contributed by atoms with van der Waals surface area (Å²) < 4.78 is 40.3. The monoisotopic (exact) mass is 434 g/mol. The standard InChI is InChI=1S/C22H31FN4O2S/c1-5-30(28,29)27-12-10-26(11-13-27)22-19(15-18-8-6-7-9-20(18)23)17(4)24-21(25-22)14-16(2)3/h6-9,16H,5,10-15H2,1-4H3.